The van der Waals surface area contributed by atoms with E-state index in [-0.39, 0.29) is 6.42 Å². The zero-order chi connectivity index (χ0) is 8.48. The van der Waals surface area contributed by atoms with Gasteiger partial charge in [-0.3, -0.25) is 4.79 Å². The van der Waals surface area contributed by atoms with Crippen molar-refractivity contribution in [3.63, 3.8) is 0 Å². The molecule has 0 saturated heterocycles. The molecular weight excluding hydrogens is 148 g/mol. The molecule has 1 N–H and O–H groups in total. The monoisotopic (exact) mass is 158 g/mol. The fourth-order valence-electron chi connectivity index (χ4n) is 0.798. The summed E-state index contributed by atoms with van der Waals surface area (Å²) < 4.78 is 10.1. The van der Waals surface area contributed by atoms with Gasteiger partial charge in [-0.1, -0.05) is 0 Å². The number of rotatable bonds is 2. The van der Waals surface area contributed by atoms with E-state index in [1.165, 1.54) is 6.26 Å². The molecule has 4 heteroatoms. The number of hydrogen-bond acceptors (Lipinski definition) is 3. The van der Waals surface area contributed by atoms with Gasteiger partial charge in [0, 0.05) is 13.8 Å². The lowest BCUT2D eigenvalue weighted by molar-refractivity contribution is -0.140. The Morgan fingerprint density at radius 1 is 1.73 bits per heavy atom. The molecule has 62 valence electrons. The van der Waals surface area contributed by atoms with Gasteiger partial charge in [0.2, 0.25) is 5.79 Å². The number of carbonyl (C=O) groups is 1. The van der Waals surface area contributed by atoms with Crippen molar-refractivity contribution in [3.05, 3.63) is 12.0 Å². The van der Waals surface area contributed by atoms with Crippen molar-refractivity contribution in [1.29, 1.82) is 0 Å². The molecule has 0 atom stereocenters. The van der Waals surface area contributed by atoms with Gasteiger partial charge in [0.1, 0.15) is 18.4 Å². The molecule has 0 amide bonds. The van der Waals surface area contributed by atoms with E-state index in [2.05, 4.69) is 0 Å². The van der Waals surface area contributed by atoms with Crippen LogP contribution in [0.4, 0.5) is 0 Å². The van der Waals surface area contributed by atoms with Crippen LogP contribution >= 0.6 is 0 Å². The quantitative estimate of drug-likeness (QED) is 0.653. The van der Waals surface area contributed by atoms with Gasteiger partial charge < -0.3 is 14.6 Å². The average molecular weight is 158 g/mol. The standard InChI is InChI=1S/C7H10O4/c1-7(2)10-4-5(11-7)3-6(8)9/h4H,3H2,1-2H3,(H,8,9). The van der Waals surface area contributed by atoms with Crippen LogP contribution in [-0.4, -0.2) is 16.9 Å². The highest BCUT2D eigenvalue weighted by molar-refractivity contribution is 5.69. The van der Waals surface area contributed by atoms with Crippen LogP contribution in [0, 0.1) is 0 Å². The van der Waals surface area contributed by atoms with E-state index in [1.54, 1.807) is 13.8 Å². The van der Waals surface area contributed by atoms with Gasteiger partial charge in [-0.2, -0.15) is 0 Å². The van der Waals surface area contributed by atoms with Crippen LogP contribution in [0.1, 0.15) is 20.3 Å². The molecular formula is C7H10O4. The van der Waals surface area contributed by atoms with Gasteiger partial charge in [0.05, 0.1) is 0 Å². The van der Waals surface area contributed by atoms with Gasteiger partial charge in [-0.25, -0.2) is 0 Å². The highest BCUT2D eigenvalue weighted by Gasteiger charge is 2.28. The maximum Gasteiger partial charge on any atom is 0.311 e. The van der Waals surface area contributed by atoms with Crippen LogP contribution in [0.3, 0.4) is 0 Å². The highest BCUT2D eigenvalue weighted by atomic mass is 16.7. The van der Waals surface area contributed by atoms with Gasteiger partial charge >= 0.3 is 5.97 Å². The van der Waals surface area contributed by atoms with Gasteiger partial charge in [-0.15, -0.1) is 0 Å². The number of ether oxygens (including phenoxy) is 2. The minimum Gasteiger partial charge on any atom is -0.481 e. The van der Waals surface area contributed by atoms with E-state index in [0.29, 0.717) is 5.76 Å². The number of aliphatic carboxylic acids is 1. The normalized spacial score (nSPS) is 20.0. The van der Waals surface area contributed by atoms with Crippen molar-refractivity contribution in [1.82, 2.24) is 0 Å². The molecule has 0 aromatic carbocycles. The first-order valence-electron chi connectivity index (χ1n) is 3.27. The molecule has 0 radical (unpaired) electrons. The summed E-state index contributed by atoms with van der Waals surface area (Å²) in [5.74, 6) is -1.26. The number of hydrogen-bond donors (Lipinski definition) is 1. The van der Waals surface area contributed by atoms with Crippen molar-refractivity contribution in [2.75, 3.05) is 0 Å². The minimum absolute atomic E-state index is 0.122. The molecule has 0 fully saturated rings. The smallest absolute Gasteiger partial charge is 0.311 e. The largest absolute Gasteiger partial charge is 0.481 e. The lowest BCUT2D eigenvalue weighted by Crippen LogP contribution is -2.20. The maximum absolute atomic E-state index is 10.2. The summed E-state index contributed by atoms with van der Waals surface area (Å²) in [6.07, 6.45) is 1.22. The van der Waals surface area contributed by atoms with Crippen molar-refractivity contribution >= 4 is 5.97 Å². The summed E-state index contributed by atoms with van der Waals surface area (Å²) in [6.45, 7) is 3.44. The van der Waals surface area contributed by atoms with Crippen LogP contribution in [0.15, 0.2) is 12.0 Å². The third kappa shape index (κ3) is 2.14. The maximum atomic E-state index is 10.2. The van der Waals surface area contributed by atoms with E-state index in [1.807, 2.05) is 0 Å². The second-order valence-electron chi connectivity index (χ2n) is 2.77. The van der Waals surface area contributed by atoms with Gasteiger partial charge in [0.15, 0.2) is 0 Å². The summed E-state index contributed by atoms with van der Waals surface area (Å²) in [5.41, 5.74) is 0. The molecule has 1 aliphatic rings. The Balaban J connectivity index is 2.47. The average Bonchev–Trinajstić information content (AvgIpc) is 2.08. The summed E-state index contributed by atoms with van der Waals surface area (Å²) in [6, 6.07) is 0. The van der Waals surface area contributed by atoms with Crippen molar-refractivity contribution < 1.29 is 19.4 Å². The number of carboxylic acid groups (broad SMARTS) is 1. The molecule has 0 spiro atoms. The zero-order valence-electron chi connectivity index (χ0n) is 6.46. The topological polar surface area (TPSA) is 55.8 Å². The van der Waals surface area contributed by atoms with Crippen LogP contribution in [-0.2, 0) is 14.3 Å². The van der Waals surface area contributed by atoms with Gasteiger partial charge in [0.25, 0.3) is 0 Å². The third-order valence-electron chi connectivity index (χ3n) is 1.18. The molecule has 1 heterocycles. The molecule has 0 aromatic rings. The summed E-state index contributed by atoms with van der Waals surface area (Å²) in [7, 11) is 0. The molecule has 4 nitrogen and oxygen atoms in total. The number of carboxylic acids is 1. The van der Waals surface area contributed by atoms with E-state index < -0.39 is 11.8 Å². The first kappa shape index (κ1) is 7.91. The van der Waals surface area contributed by atoms with Crippen molar-refractivity contribution in [3.8, 4) is 0 Å². The lowest BCUT2D eigenvalue weighted by atomic mass is 10.3. The van der Waals surface area contributed by atoms with E-state index in [0.717, 1.165) is 0 Å². The van der Waals surface area contributed by atoms with E-state index in [9.17, 15) is 4.79 Å². The predicted molar refractivity (Wildman–Crippen MR) is 36.6 cm³/mol. The lowest BCUT2D eigenvalue weighted by Gasteiger charge is -2.17. The molecule has 0 aliphatic carbocycles. The summed E-state index contributed by atoms with van der Waals surface area (Å²) in [4.78, 5) is 10.2. The molecule has 0 bridgehead atoms. The van der Waals surface area contributed by atoms with Crippen LogP contribution in [0.5, 0.6) is 0 Å². The molecule has 0 saturated carbocycles. The van der Waals surface area contributed by atoms with Crippen LogP contribution < -0.4 is 0 Å². The Bertz CT molecular complexity index is 204. The molecule has 1 aliphatic heterocycles. The van der Waals surface area contributed by atoms with Crippen molar-refractivity contribution in [2.24, 2.45) is 0 Å². The Morgan fingerprint density at radius 3 is 2.73 bits per heavy atom. The Kier molecular flexibility index (Phi) is 1.76. The molecule has 1 rings (SSSR count). The first-order chi connectivity index (χ1) is 4.99. The Morgan fingerprint density at radius 2 is 2.36 bits per heavy atom. The first-order valence-corrected chi connectivity index (χ1v) is 3.27. The fourth-order valence-corrected chi connectivity index (χ4v) is 0.798. The minimum atomic E-state index is -0.919. The zero-order valence-corrected chi connectivity index (χ0v) is 6.46. The predicted octanol–water partition coefficient (Wildman–Crippen LogP) is 1.09. The third-order valence-corrected chi connectivity index (χ3v) is 1.18. The molecule has 0 aromatic heterocycles. The Labute approximate surface area is 64.4 Å². The molecule has 11 heavy (non-hydrogen) atoms. The Hall–Kier alpha value is -1.19. The summed E-state index contributed by atoms with van der Waals surface area (Å²) in [5, 5.41) is 8.37. The highest BCUT2D eigenvalue weighted by Crippen LogP contribution is 2.25. The van der Waals surface area contributed by atoms with Crippen molar-refractivity contribution in [2.45, 2.75) is 26.1 Å². The van der Waals surface area contributed by atoms with Crippen LogP contribution in [0.25, 0.3) is 0 Å². The van der Waals surface area contributed by atoms with Crippen LogP contribution in [0.2, 0.25) is 0 Å². The van der Waals surface area contributed by atoms with E-state index in [4.69, 9.17) is 14.6 Å². The second-order valence-corrected chi connectivity index (χ2v) is 2.77. The second kappa shape index (κ2) is 2.45. The van der Waals surface area contributed by atoms with Gasteiger partial charge in [-0.05, 0) is 0 Å². The molecule has 0 unspecified atom stereocenters. The van der Waals surface area contributed by atoms with E-state index >= 15 is 0 Å². The fraction of sp³-hybridized carbons (Fsp3) is 0.571. The summed E-state index contributed by atoms with van der Waals surface area (Å²) >= 11 is 0. The SMILES string of the molecule is CC1(C)OC=C(CC(=O)O)O1.